The topological polar surface area (TPSA) is 60.6 Å². The Bertz CT molecular complexity index is 963. The van der Waals surface area contributed by atoms with Crippen LogP contribution in [-0.4, -0.2) is 43.6 Å². The van der Waals surface area contributed by atoms with Crippen molar-refractivity contribution < 1.29 is 14.0 Å². The van der Waals surface area contributed by atoms with Crippen LogP contribution in [0.4, 0.5) is 5.69 Å². The van der Waals surface area contributed by atoms with E-state index in [0.717, 1.165) is 43.2 Å². The van der Waals surface area contributed by atoms with Gasteiger partial charge in [0.05, 0.1) is 20.3 Å². The molecule has 4 rings (SSSR count). The number of benzene rings is 2. The first-order chi connectivity index (χ1) is 13.7. The number of hydrogen-bond acceptors (Lipinski definition) is 6. The molecule has 1 aliphatic heterocycles. The lowest BCUT2D eigenvalue weighted by Gasteiger charge is -2.28. The Kier molecular flexibility index (Phi) is 5.60. The molecule has 0 atom stereocenters. The van der Waals surface area contributed by atoms with E-state index in [-0.39, 0.29) is 5.89 Å². The molecular weight excluding hydrogens is 378 g/mol. The molecule has 7 heteroatoms. The molecule has 144 valence electrons. The monoisotopic (exact) mass is 397 g/mol. The van der Waals surface area contributed by atoms with E-state index in [1.807, 2.05) is 42.5 Å². The molecule has 3 aromatic rings. The zero-order chi connectivity index (χ0) is 19.3. The van der Waals surface area contributed by atoms with Crippen LogP contribution in [0.1, 0.15) is 11.5 Å². The van der Waals surface area contributed by atoms with E-state index in [0.29, 0.717) is 10.9 Å². The quantitative estimate of drug-likeness (QED) is 0.639. The van der Waals surface area contributed by atoms with Gasteiger partial charge >= 0.3 is 0 Å². The molecule has 1 fully saturated rings. The maximum Gasteiger partial charge on any atom is 0.269 e. The summed E-state index contributed by atoms with van der Waals surface area (Å²) in [5.74, 6) is 1.46. The van der Waals surface area contributed by atoms with Crippen molar-refractivity contribution >= 4 is 28.4 Å². The Morgan fingerprint density at radius 1 is 1.14 bits per heavy atom. The van der Waals surface area contributed by atoms with Gasteiger partial charge in [-0.1, -0.05) is 41.0 Å². The van der Waals surface area contributed by atoms with Gasteiger partial charge in [-0.15, -0.1) is 0 Å². The van der Waals surface area contributed by atoms with E-state index in [4.69, 9.17) is 25.6 Å². The smallest absolute Gasteiger partial charge is 0.269 e. The second-order valence-electron chi connectivity index (χ2n) is 6.34. The largest absolute Gasteiger partial charge is 0.497 e. The van der Waals surface area contributed by atoms with Crippen molar-refractivity contribution in [2.45, 2.75) is 0 Å². The molecule has 1 saturated heterocycles. The van der Waals surface area contributed by atoms with Crippen molar-refractivity contribution in [2.75, 3.05) is 38.3 Å². The number of morpholine rings is 1. The van der Waals surface area contributed by atoms with Crippen LogP contribution < -0.4 is 9.64 Å². The van der Waals surface area contributed by atoms with Gasteiger partial charge in [-0.2, -0.15) is 4.98 Å². The lowest BCUT2D eigenvalue weighted by molar-refractivity contribution is 0.122. The summed E-state index contributed by atoms with van der Waals surface area (Å²) < 4.78 is 15.9. The van der Waals surface area contributed by atoms with Crippen molar-refractivity contribution in [2.24, 2.45) is 0 Å². The minimum atomic E-state index is 0.275. The molecule has 28 heavy (non-hydrogen) atoms. The number of methoxy groups -OCH3 is 1. The van der Waals surface area contributed by atoms with E-state index >= 15 is 0 Å². The molecule has 1 aromatic heterocycles. The zero-order valence-electron chi connectivity index (χ0n) is 15.5. The van der Waals surface area contributed by atoms with E-state index in [9.17, 15) is 0 Å². The number of aromatic nitrogens is 2. The second-order valence-corrected chi connectivity index (χ2v) is 6.75. The maximum atomic E-state index is 6.40. The highest BCUT2D eigenvalue weighted by molar-refractivity contribution is 6.50. The van der Waals surface area contributed by atoms with Crippen molar-refractivity contribution in [3.63, 3.8) is 0 Å². The van der Waals surface area contributed by atoms with Crippen molar-refractivity contribution in [3.05, 3.63) is 60.0 Å². The number of nitrogens with zero attached hydrogens (tertiary/aromatic N) is 3. The average Bonchev–Trinajstić information content (AvgIpc) is 3.25. The number of halogens is 1. The van der Waals surface area contributed by atoms with E-state index in [1.54, 1.807) is 7.11 Å². The average molecular weight is 398 g/mol. The van der Waals surface area contributed by atoms with Crippen molar-refractivity contribution in [1.29, 1.82) is 0 Å². The molecule has 0 saturated carbocycles. The molecular formula is C21H20ClN3O3. The molecule has 2 aromatic carbocycles. The van der Waals surface area contributed by atoms with Crippen LogP contribution in [0, 0.1) is 0 Å². The molecule has 0 N–H and O–H groups in total. The van der Waals surface area contributed by atoms with E-state index < -0.39 is 0 Å². The van der Waals surface area contributed by atoms with Gasteiger partial charge < -0.3 is 18.9 Å². The van der Waals surface area contributed by atoms with Crippen LogP contribution in [0.25, 0.3) is 22.5 Å². The Balaban J connectivity index is 1.50. The summed E-state index contributed by atoms with van der Waals surface area (Å²) in [5, 5.41) is 4.40. The van der Waals surface area contributed by atoms with Crippen LogP contribution in [0.5, 0.6) is 5.75 Å². The number of anilines is 1. The SMILES string of the molecule is COc1cccc(-c2noc(/C(Cl)=C/c3ccc(N4CCOCC4)cc3)n2)c1. The summed E-state index contributed by atoms with van der Waals surface area (Å²) in [6.45, 7) is 3.34. The summed E-state index contributed by atoms with van der Waals surface area (Å²) in [6.07, 6.45) is 1.81. The lowest BCUT2D eigenvalue weighted by Crippen LogP contribution is -2.36. The zero-order valence-corrected chi connectivity index (χ0v) is 16.2. The normalized spacial score (nSPS) is 14.9. The number of ether oxygens (including phenoxy) is 2. The third kappa shape index (κ3) is 4.18. The Morgan fingerprint density at radius 3 is 2.68 bits per heavy atom. The molecule has 1 aliphatic rings. The second kappa shape index (κ2) is 8.46. The highest BCUT2D eigenvalue weighted by atomic mass is 35.5. The minimum absolute atomic E-state index is 0.275. The van der Waals surface area contributed by atoms with Gasteiger partial charge in [0.1, 0.15) is 10.8 Å². The molecule has 6 nitrogen and oxygen atoms in total. The molecule has 0 amide bonds. The molecule has 0 unspecified atom stereocenters. The van der Waals surface area contributed by atoms with Gasteiger partial charge in [0.15, 0.2) is 0 Å². The Labute approximate surface area is 168 Å². The highest BCUT2D eigenvalue weighted by Crippen LogP contribution is 2.26. The van der Waals surface area contributed by atoms with E-state index in [1.165, 1.54) is 5.69 Å². The lowest BCUT2D eigenvalue weighted by atomic mass is 10.1. The molecule has 0 aliphatic carbocycles. The highest BCUT2D eigenvalue weighted by Gasteiger charge is 2.13. The van der Waals surface area contributed by atoms with Crippen LogP contribution in [-0.2, 0) is 4.74 Å². The summed E-state index contributed by atoms with van der Waals surface area (Å²) in [4.78, 5) is 6.69. The minimum Gasteiger partial charge on any atom is -0.497 e. The van der Waals surface area contributed by atoms with Gasteiger partial charge in [-0.05, 0) is 35.9 Å². The van der Waals surface area contributed by atoms with Crippen LogP contribution in [0.3, 0.4) is 0 Å². The van der Waals surface area contributed by atoms with Crippen molar-refractivity contribution in [3.8, 4) is 17.1 Å². The summed E-state index contributed by atoms with van der Waals surface area (Å²) >= 11 is 6.40. The van der Waals surface area contributed by atoms with Gasteiger partial charge in [-0.3, -0.25) is 0 Å². The van der Waals surface area contributed by atoms with Gasteiger partial charge in [0.2, 0.25) is 5.82 Å². The maximum absolute atomic E-state index is 6.40. The molecule has 0 spiro atoms. The third-order valence-corrected chi connectivity index (χ3v) is 4.79. The number of hydrogen-bond donors (Lipinski definition) is 0. The van der Waals surface area contributed by atoms with Gasteiger partial charge in [-0.25, -0.2) is 0 Å². The predicted molar refractivity (Wildman–Crippen MR) is 109 cm³/mol. The van der Waals surface area contributed by atoms with Crippen LogP contribution in [0.15, 0.2) is 53.1 Å². The molecule has 0 bridgehead atoms. The van der Waals surface area contributed by atoms with Gasteiger partial charge in [0.25, 0.3) is 5.89 Å². The molecule has 0 radical (unpaired) electrons. The van der Waals surface area contributed by atoms with Crippen molar-refractivity contribution in [1.82, 2.24) is 10.1 Å². The predicted octanol–water partition coefficient (Wildman–Crippen LogP) is 4.32. The van der Waals surface area contributed by atoms with E-state index in [2.05, 4.69) is 27.2 Å². The fourth-order valence-electron chi connectivity index (χ4n) is 3.01. The summed E-state index contributed by atoms with van der Waals surface area (Å²) in [6, 6.07) is 15.7. The van der Waals surface area contributed by atoms with Gasteiger partial charge in [0, 0.05) is 24.3 Å². The Hall–Kier alpha value is -2.83. The standard InChI is InChI=1S/C21H20ClN3O3/c1-26-18-4-2-3-16(14-18)20-23-21(28-24-20)19(22)13-15-5-7-17(8-6-15)25-9-11-27-12-10-25/h2-8,13-14H,9-12H2,1H3/b19-13-. The first-order valence-electron chi connectivity index (χ1n) is 9.01. The fourth-order valence-corrected chi connectivity index (χ4v) is 3.21. The molecule has 2 heterocycles. The Morgan fingerprint density at radius 2 is 1.93 bits per heavy atom. The first-order valence-corrected chi connectivity index (χ1v) is 9.39. The first kappa shape index (κ1) is 18.5. The third-order valence-electron chi connectivity index (χ3n) is 4.52. The fraction of sp³-hybridized carbons (Fsp3) is 0.238. The van der Waals surface area contributed by atoms with Crippen LogP contribution >= 0.6 is 11.6 Å². The summed E-state index contributed by atoms with van der Waals surface area (Å²) in [7, 11) is 1.62. The summed E-state index contributed by atoms with van der Waals surface area (Å²) in [5.41, 5.74) is 2.94. The van der Waals surface area contributed by atoms with Crippen LogP contribution in [0.2, 0.25) is 0 Å². The number of rotatable bonds is 5.